The van der Waals surface area contributed by atoms with Gasteiger partial charge in [-0.3, -0.25) is 0 Å². The van der Waals surface area contributed by atoms with Crippen molar-refractivity contribution < 1.29 is 9.13 Å². The van der Waals surface area contributed by atoms with Crippen LogP contribution in [0, 0.1) is 0 Å². The summed E-state index contributed by atoms with van der Waals surface area (Å²) in [6, 6.07) is 5.62. The van der Waals surface area contributed by atoms with Crippen LogP contribution in [-0.4, -0.2) is 13.7 Å². The minimum absolute atomic E-state index is 0.164. The van der Waals surface area contributed by atoms with Crippen molar-refractivity contribution in [1.82, 2.24) is 5.32 Å². The van der Waals surface area contributed by atoms with Crippen molar-refractivity contribution in [3.8, 4) is 5.75 Å². The summed E-state index contributed by atoms with van der Waals surface area (Å²) >= 11 is 0. The second-order valence-electron chi connectivity index (χ2n) is 4.90. The van der Waals surface area contributed by atoms with Crippen molar-refractivity contribution in [3.05, 3.63) is 29.3 Å². The van der Waals surface area contributed by atoms with Crippen LogP contribution in [0.25, 0.3) is 0 Å². The number of rotatable bonds is 3. The summed E-state index contributed by atoms with van der Waals surface area (Å²) in [6.07, 6.45) is 1.17. The average molecular weight is 237 g/mol. The minimum atomic E-state index is -0.973. The lowest BCUT2D eigenvalue weighted by Crippen LogP contribution is -2.34. The lowest BCUT2D eigenvalue weighted by atomic mass is 9.85. The first-order valence-electron chi connectivity index (χ1n) is 6.15. The molecule has 94 valence electrons. The Morgan fingerprint density at radius 1 is 1.47 bits per heavy atom. The predicted molar refractivity (Wildman–Crippen MR) is 67.1 cm³/mol. The van der Waals surface area contributed by atoms with Gasteiger partial charge in [0.1, 0.15) is 11.9 Å². The van der Waals surface area contributed by atoms with Crippen LogP contribution in [-0.2, 0) is 5.54 Å². The van der Waals surface area contributed by atoms with E-state index < -0.39 is 6.17 Å². The van der Waals surface area contributed by atoms with E-state index in [1.54, 1.807) is 14.0 Å². The van der Waals surface area contributed by atoms with Crippen LogP contribution in [0.2, 0.25) is 0 Å². The van der Waals surface area contributed by atoms with Gasteiger partial charge in [-0.05, 0) is 44.9 Å². The maximum absolute atomic E-state index is 13.8. The van der Waals surface area contributed by atoms with E-state index in [0.29, 0.717) is 0 Å². The van der Waals surface area contributed by atoms with Crippen LogP contribution >= 0.6 is 0 Å². The van der Waals surface area contributed by atoms with Crippen LogP contribution in [0.4, 0.5) is 4.39 Å². The Kier molecular flexibility index (Phi) is 3.38. The molecule has 3 heteroatoms. The Hall–Kier alpha value is -1.09. The number of hydrogen-bond donors (Lipinski definition) is 1. The average Bonchev–Trinajstić information content (AvgIpc) is 2.76. The summed E-state index contributed by atoms with van der Waals surface area (Å²) in [4.78, 5) is 0. The quantitative estimate of drug-likeness (QED) is 0.870. The fourth-order valence-electron chi connectivity index (χ4n) is 2.75. The van der Waals surface area contributed by atoms with Crippen LogP contribution < -0.4 is 10.1 Å². The standard InChI is InChI=1S/C14H20FNO/c1-10(15)11-6-4-7-12(17-3)13(11)14(2)8-5-9-16-14/h4,6-7,10,16H,5,8-9H2,1-3H3. The molecule has 1 aromatic rings. The molecule has 1 fully saturated rings. The normalized spacial score (nSPS) is 25.9. The van der Waals surface area contributed by atoms with E-state index in [2.05, 4.69) is 12.2 Å². The van der Waals surface area contributed by atoms with Gasteiger partial charge in [-0.1, -0.05) is 12.1 Å². The zero-order chi connectivity index (χ0) is 12.5. The Morgan fingerprint density at radius 3 is 2.76 bits per heavy atom. The molecule has 0 saturated carbocycles. The molecule has 0 amide bonds. The number of nitrogens with one attached hydrogen (secondary N) is 1. The predicted octanol–water partition coefficient (Wildman–Crippen LogP) is 3.32. The van der Waals surface area contributed by atoms with Crippen LogP contribution in [0.1, 0.15) is 44.0 Å². The highest BCUT2D eigenvalue weighted by molar-refractivity contribution is 5.46. The molecule has 2 rings (SSSR count). The Bertz CT molecular complexity index is 397. The molecule has 0 spiro atoms. The summed E-state index contributed by atoms with van der Waals surface area (Å²) in [5.41, 5.74) is 1.55. The number of hydrogen-bond acceptors (Lipinski definition) is 2. The third-order valence-electron chi connectivity index (χ3n) is 3.63. The SMILES string of the molecule is COc1cccc(C(C)F)c1C1(C)CCCN1. The molecular formula is C14H20FNO. The lowest BCUT2D eigenvalue weighted by molar-refractivity contribution is 0.337. The maximum atomic E-state index is 13.8. The third-order valence-corrected chi connectivity index (χ3v) is 3.63. The van der Waals surface area contributed by atoms with Crippen molar-refractivity contribution in [2.24, 2.45) is 0 Å². The van der Waals surface area contributed by atoms with Crippen molar-refractivity contribution in [2.45, 2.75) is 38.4 Å². The molecule has 1 heterocycles. The van der Waals surface area contributed by atoms with E-state index in [9.17, 15) is 4.39 Å². The molecule has 2 unspecified atom stereocenters. The Labute approximate surface area is 102 Å². The molecular weight excluding hydrogens is 217 g/mol. The first-order chi connectivity index (χ1) is 8.08. The molecule has 1 aliphatic heterocycles. The van der Waals surface area contributed by atoms with Crippen molar-refractivity contribution in [3.63, 3.8) is 0 Å². The molecule has 0 radical (unpaired) electrons. The monoisotopic (exact) mass is 237 g/mol. The number of benzene rings is 1. The highest BCUT2D eigenvalue weighted by atomic mass is 19.1. The molecule has 17 heavy (non-hydrogen) atoms. The molecule has 1 aromatic carbocycles. The van der Waals surface area contributed by atoms with Gasteiger partial charge in [0.05, 0.1) is 7.11 Å². The first kappa shape index (κ1) is 12.4. The van der Waals surface area contributed by atoms with Crippen molar-refractivity contribution in [1.29, 1.82) is 0 Å². The molecule has 1 saturated heterocycles. The number of alkyl halides is 1. The summed E-state index contributed by atoms with van der Waals surface area (Å²) in [7, 11) is 1.64. The molecule has 0 aliphatic carbocycles. The Balaban J connectivity index is 2.55. The number of halogens is 1. The fraction of sp³-hybridized carbons (Fsp3) is 0.571. The summed E-state index contributed by atoms with van der Waals surface area (Å²) in [5, 5.41) is 3.47. The molecule has 2 nitrogen and oxygen atoms in total. The molecule has 1 aliphatic rings. The fourth-order valence-corrected chi connectivity index (χ4v) is 2.75. The van der Waals surface area contributed by atoms with Gasteiger partial charge in [0.2, 0.25) is 0 Å². The molecule has 1 N–H and O–H groups in total. The number of ether oxygens (including phenoxy) is 1. The van der Waals surface area contributed by atoms with Gasteiger partial charge >= 0.3 is 0 Å². The third kappa shape index (κ3) is 2.16. The molecule has 0 bridgehead atoms. The second kappa shape index (κ2) is 4.65. The van der Waals surface area contributed by atoms with Crippen molar-refractivity contribution >= 4 is 0 Å². The minimum Gasteiger partial charge on any atom is -0.496 e. The summed E-state index contributed by atoms with van der Waals surface area (Å²) in [6.45, 7) is 4.69. The topological polar surface area (TPSA) is 21.3 Å². The van der Waals surface area contributed by atoms with Crippen LogP contribution in [0.15, 0.2) is 18.2 Å². The van der Waals surface area contributed by atoms with E-state index in [0.717, 1.165) is 36.3 Å². The van der Waals surface area contributed by atoms with Gasteiger partial charge in [0, 0.05) is 11.1 Å². The maximum Gasteiger partial charge on any atom is 0.124 e. The van der Waals surface area contributed by atoms with Crippen LogP contribution in [0.5, 0.6) is 5.75 Å². The number of methoxy groups -OCH3 is 1. The van der Waals surface area contributed by atoms with E-state index in [1.807, 2.05) is 18.2 Å². The van der Waals surface area contributed by atoms with Gasteiger partial charge in [-0.25, -0.2) is 4.39 Å². The van der Waals surface area contributed by atoms with Gasteiger partial charge in [-0.15, -0.1) is 0 Å². The highest BCUT2D eigenvalue weighted by Crippen LogP contribution is 2.41. The van der Waals surface area contributed by atoms with Gasteiger partial charge in [0.15, 0.2) is 0 Å². The summed E-state index contributed by atoms with van der Waals surface area (Å²) in [5.74, 6) is 0.781. The second-order valence-corrected chi connectivity index (χ2v) is 4.90. The molecule has 2 atom stereocenters. The zero-order valence-electron chi connectivity index (χ0n) is 10.7. The lowest BCUT2D eigenvalue weighted by Gasteiger charge is -2.30. The highest BCUT2D eigenvalue weighted by Gasteiger charge is 2.35. The van der Waals surface area contributed by atoms with E-state index in [4.69, 9.17) is 4.74 Å². The van der Waals surface area contributed by atoms with Gasteiger partial charge in [-0.2, -0.15) is 0 Å². The smallest absolute Gasteiger partial charge is 0.124 e. The zero-order valence-corrected chi connectivity index (χ0v) is 10.7. The van der Waals surface area contributed by atoms with Crippen molar-refractivity contribution in [2.75, 3.05) is 13.7 Å². The first-order valence-corrected chi connectivity index (χ1v) is 6.15. The molecule has 0 aromatic heterocycles. The van der Waals surface area contributed by atoms with E-state index in [1.165, 1.54) is 0 Å². The van der Waals surface area contributed by atoms with E-state index >= 15 is 0 Å². The van der Waals surface area contributed by atoms with Gasteiger partial charge < -0.3 is 10.1 Å². The Morgan fingerprint density at radius 2 is 2.24 bits per heavy atom. The largest absolute Gasteiger partial charge is 0.496 e. The van der Waals surface area contributed by atoms with Gasteiger partial charge in [0.25, 0.3) is 0 Å². The van der Waals surface area contributed by atoms with Crippen LogP contribution in [0.3, 0.4) is 0 Å². The summed E-state index contributed by atoms with van der Waals surface area (Å²) < 4.78 is 19.2. The van der Waals surface area contributed by atoms with E-state index in [-0.39, 0.29) is 5.54 Å².